The smallest absolute Gasteiger partial charge is 0.164 e. The van der Waals surface area contributed by atoms with E-state index in [0.717, 1.165) is 44.4 Å². The van der Waals surface area contributed by atoms with E-state index in [2.05, 4.69) is 111 Å². The second kappa shape index (κ2) is 11.8. The lowest BCUT2D eigenvalue weighted by atomic mass is 9.79. The minimum Gasteiger partial charge on any atom is -0.455 e. The fraction of sp³-hybridized carbons (Fsp3) is 0.267. The number of aromatic nitrogens is 3. The topological polar surface area (TPSA) is 51.8 Å². The Hall–Kier alpha value is -5.09. The second-order valence-electron chi connectivity index (χ2n) is 16.3. The van der Waals surface area contributed by atoms with Crippen LogP contribution in [0.25, 0.3) is 67.2 Å². The molecular weight excluding hydrogens is 599 g/mol. The molecule has 0 N–H and O–H groups in total. The first kappa shape index (κ1) is 32.5. The first-order valence-electron chi connectivity index (χ1n) is 17.2. The third-order valence-electron chi connectivity index (χ3n) is 9.33. The summed E-state index contributed by atoms with van der Waals surface area (Å²) in [5.41, 5.74) is 10.7. The van der Waals surface area contributed by atoms with E-state index in [-0.39, 0.29) is 16.2 Å². The van der Waals surface area contributed by atoms with Crippen molar-refractivity contribution in [2.75, 3.05) is 0 Å². The Morgan fingerprint density at radius 3 is 1.24 bits per heavy atom. The summed E-state index contributed by atoms with van der Waals surface area (Å²) in [5.74, 6) is 1.96. The zero-order chi connectivity index (χ0) is 34.7. The van der Waals surface area contributed by atoms with E-state index in [0.29, 0.717) is 17.5 Å². The van der Waals surface area contributed by atoms with Gasteiger partial charge in [-0.2, -0.15) is 0 Å². The summed E-state index contributed by atoms with van der Waals surface area (Å²) in [7, 11) is 0. The average molecular weight is 644 g/mol. The molecule has 0 unspecified atom stereocenters. The maximum absolute atomic E-state index is 6.88. The Kier molecular flexibility index (Phi) is 7.82. The third kappa shape index (κ3) is 6.28. The molecule has 0 aliphatic carbocycles. The molecule has 7 rings (SSSR count). The molecule has 0 spiro atoms. The molecule has 0 amide bonds. The Morgan fingerprint density at radius 1 is 0.388 bits per heavy atom. The Bertz CT molecular complexity index is 2240. The number of hydrogen-bond acceptors (Lipinski definition) is 4. The maximum Gasteiger partial charge on any atom is 0.164 e. The van der Waals surface area contributed by atoms with Crippen LogP contribution in [0.3, 0.4) is 0 Å². The van der Waals surface area contributed by atoms with E-state index in [4.69, 9.17) is 19.4 Å². The van der Waals surface area contributed by atoms with Crippen molar-refractivity contribution in [1.82, 2.24) is 15.0 Å². The van der Waals surface area contributed by atoms with Crippen molar-refractivity contribution < 1.29 is 4.42 Å². The summed E-state index contributed by atoms with van der Waals surface area (Å²) in [6.45, 7) is 20.5. The van der Waals surface area contributed by atoms with Gasteiger partial charge in [0.1, 0.15) is 11.2 Å². The lowest BCUT2D eigenvalue weighted by molar-refractivity contribution is 0.550. The van der Waals surface area contributed by atoms with Gasteiger partial charge in [0.2, 0.25) is 0 Å². The van der Waals surface area contributed by atoms with Crippen molar-refractivity contribution >= 4 is 21.9 Å². The van der Waals surface area contributed by atoms with Crippen LogP contribution in [0.15, 0.2) is 114 Å². The predicted octanol–water partition coefficient (Wildman–Crippen LogP) is 12.3. The molecule has 5 aromatic carbocycles. The second-order valence-corrected chi connectivity index (χ2v) is 16.3. The number of rotatable bonds is 4. The van der Waals surface area contributed by atoms with Crippen LogP contribution in [0, 0.1) is 0 Å². The fourth-order valence-corrected chi connectivity index (χ4v) is 6.44. The van der Waals surface area contributed by atoms with Gasteiger partial charge in [-0.15, -0.1) is 0 Å². The highest BCUT2D eigenvalue weighted by Gasteiger charge is 2.28. The molecule has 246 valence electrons. The number of furan rings is 1. The van der Waals surface area contributed by atoms with Crippen molar-refractivity contribution in [3.05, 3.63) is 126 Å². The van der Waals surface area contributed by atoms with Crippen LogP contribution in [-0.2, 0) is 16.2 Å². The van der Waals surface area contributed by atoms with E-state index >= 15 is 0 Å². The summed E-state index contributed by atoms with van der Waals surface area (Å²) in [6.07, 6.45) is 0. The molecule has 0 fully saturated rings. The molecule has 2 heterocycles. The monoisotopic (exact) mass is 643 g/mol. The van der Waals surface area contributed by atoms with Gasteiger partial charge in [-0.25, -0.2) is 15.0 Å². The molecule has 0 radical (unpaired) electrons. The zero-order valence-corrected chi connectivity index (χ0v) is 30.1. The normalized spacial score (nSPS) is 12.6. The van der Waals surface area contributed by atoms with E-state index in [1.165, 1.54) is 22.1 Å². The van der Waals surface area contributed by atoms with Crippen LogP contribution >= 0.6 is 0 Å². The number of nitrogens with zero attached hydrogens (tertiary/aromatic N) is 3. The SMILES string of the molecule is CC(C)(C)c1cc(C(C)(C)C)c2oc3c(C(C)(C)C)cc(-c4ccc(-c5nc(-c6ccccc6)nc(-c6ccccc6)n5)cc4)cc3c2c1. The largest absolute Gasteiger partial charge is 0.455 e. The lowest BCUT2D eigenvalue weighted by Crippen LogP contribution is -2.16. The Morgan fingerprint density at radius 2 is 0.796 bits per heavy atom. The summed E-state index contributed by atoms with van der Waals surface area (Å²) < 4.78 is 6.88. The van der Waals surface area contributed by atoms with Gasteiger partial charge in [-0.1, -0.05) is 153 Å². The molecule has 0 aliphatic heterocycles. The van der Waals surface area contributed by atoms with Gasteiger partial charge in [-0.05, 0) is 51.1 Å². The van der Waals surface area contributed by atoms with Crippen LogP contribution in [0.2, 0.25) is 0 Å². The summed E-state index contributed by atoms with van der Waals surface area (Å²) in [6, 6.07) is 38.1. The van der Waals surface area contributed by atoms with Crippen molar-refractivity contribution in [1.29, 1.82) is 0 Å². The highest BCUT2D eigenvalue weighted by Crippen LogP contribution is 2.44. The van der Waals surface area contributed by atoms with Crippen LogP contribution in [0.1, 0.15) is 79.0 Å². The van der Waals surface area contributed by atoms with Gasteiger partial charge in [0, 0.05) is 38.6 Å². The number of benzene rings is 5. The van der Waals surface area contributed by atoms with Gasteiger partial charge in [0.25, 0.3) is 0 Å². The van der Waals surface area contributed by atoms with Gasteiger partial charge in [0.15, 0.2) is 17.5 Å². The molecule has 0 atom stereocenters. The number of hydrogen-bond donors (Lipinski definition) is 0. The maximum atomic E-state index is 6.88. The summed E-state index contributed by atoms with van der Waals surface area (Å²) in [4.78, 5) is 14.7. The van der Waals surface area contributed by atoms with Crippen molar-refractivity contribution in [3.63, 3.8) is 0 Å². The quantitative estimate of drug-likeness (QED) is 0.191. The van der Waals surface area contributed by atoms with Crippen molar-refractivity contribution in [2.45, 2.75) is 78.6 Å². The van der Waals surface area contributed by atoms with Gasteiger partial charge < -0.3 is 4.42 Å². The minimum absolute atomic E-state index is 0.00780. The van der Waals surface area contributed by atoms with Crippen LogP contribution in [-0.4, -0.2) is 15.0 Å². The zero-order valence-electron chi connectivity index (χ0n) is 30.1. The van der Waals surface area contributed by atoms with Crippen LogP contribution in [0.4, 0.5) is 0 Å². The molecule has 0 saturated carbocycles. The van der Waals surface area contributed by atoms with Crippen molar-refractivity contribution in [3.8, 4) is 45.3 Å². The fourth-order valence-electron chi connectivity index (χ4n) is 6.44. The van der Waals surface area contributed by atoms with Crippen molar-refractivity contribution in [2.24, 2.45) is 0 Å². The molecule has 0 saturated heterocycles. The number of fused-ring (bicyclic) bond motifs is 3. The average Bonchev–Trinajstić information content (AvgIpc) is 3.45. The van der Waals surface area contributed by atoms with E-state index < -0.39 is 0 Å². The summed E-state index contributed by atoms with van der Waals surface area (Å²) in [5, 5.41) is 2.35. The van der Waals surface area contributed by atoms with E-state index in [9.17, 15) is 0 Å². The Labute approximate surface area is 290 Å². The first-order chi connectivity index (χ1) is 23.2. The molecule has 0 bridgehead atoms. The first-order valence-corrected chi connectivity index (χ1v) is 17.2. The standard InChI is InChI=1S/C45H45N3O/c1-43(2,3)33-26-35-34-24-32(25-36(44(4,5)6)38(34)49-39(35)37(27-33)45(7,8)9)28-20-22-31(23-21-28)42-47-40(29-16-12-10-13-17-29)46-41(48-42)30-18-14-11-15-19-30/h10-27H,1-9H3. The highest BCUT2D eigenvalue weighted by molar-refractivity contribution is 6.09. The molecule has 0 aliphatic rings. The minimum atomic E-state index is -0.122. The van der Waals surface area contributed by atoms with Gasteiger partial charge in [-0.3, -0.25) is 0 Å². The molecular formula is C45H45N3O. The third-order valence-corrected chi connectivity index (χ3v) is 9.33. The van der Waals surface area contributed by atoms with Crippen LogP contribution in [0.5, 0.6) is 0 Å². The van der Waals surface area contributed by atoms with Gasteiger partial charge >= 0.3 is 0 Å². The lowest BCUT2D eigenvalue weighted by Gasteiger charge is -2.25. The highest BCUT2D eigenvalue weighted by atomic mass is 16.3. The molecule has 4 heteroatoms. The molecule has 49 heavy (non-hydrogen) atoms. The molecule has 2 aromatic heterocycles. The Balaban J connectivity index is 1.39. The molecule has 4 nitrogen and oxygen atoms in total. The summed E-state index contributed by atoms with van der Waals surface area (Å²) >= 11 is 0. The van der Waals surface area contributed by atoms with E-state index in [1.807, 2.05) is 60.7 Å². The van der Waals surface area contributed by atoms with Gasteiger partial charge in [0.05, 0.1) is 0 Å². The predicted molar refractivity (Wildman–Crippen MR) is 205 cm³/mol. The van der Waals surface area contributed by atoms with E-state index in [1.54, 1.807) is 0 Å². The molecule has 7 aromatic rings. The van der Waals surface area contributed by atoms with Crippen LogP contribution < -0.4 is 0 Å².